The number of carbonyl (C=O) groups is 1. The van der Waals surface area contributed by atoms with Crippen LogP contribution in [0.25, 0.3) is 0 Å². The summed E-state index contributed by atoms with van der Waals surface area (Å²) in [5.41, 5.74) is 2.84. The lowest BCUT2D eigenvalue weighted by molar-refractivity contribution is 0.0697. The van der Waals surface area contributed by atoms with Crippen LogP contribution in [0.15, 0.2) is 17.6 Å². The first-order chi connectivity index (χ1) is 8.99. The van der Waals surface area contributed by atoms with E-state index in [1.54, 1.807) is 17.5 Å². The van der Waals surface area contributed by atoms with Crippen molar-refractivity contribution >= 4 is 34.7 Å². The molecule has 100 valence electrons. The maximum Gasteiger partial charge on any atom is 0.339 e. The summed E-state index contributed by atoms with van der Waals surface area (Å²) < 4.78 is 0. The lowest BCUT2D eigenvalue weighted by Crippen LogP contribution is -2.20. The van der Waals surface area contributed by atoms with Crippen molar-refractivity contribution in [2.45, 2.75) is 13.5 Å². The highest BCUT2D eigenvalue weighted by Crippen LogP contribution is 2.23. The predicted octanol–water partition coefficient (Wildman–Crippen LogP) is 2.83. The second kappa shape index (κ2) is 5.54. The summed E-state index contributed by atoms with van der Waals surface area (Å²) in [5, 5.41) is 9.44. The molecule has 0 aliphatic rings. The molecular weight excluding hydrogens is 286 g/mol. The molecule has 0 bridgehead atoms. The number of carboxylic acid groups (broad SMARTS) is 1. The van der Waals surface area contributed by atoms with Gasteiger partial charge in [0.05, 0.1) is 17.7 Å². The van der Waals surface area contributed by atoms with Crippen molar-refractivity contribution in [1.29, 1.82) is 0 Å². The molecule has 0 amide bonds. The Labute approximate surface area is 119 Å². The van der Waals surface area contributed by atoms with Gasteiger partial charge in [0.25, 0.3) is 0 Å². The smallest absolute Gasteiger partial charge is 0.339 e. The number of anilines is 1. The molecule has 7 heteroatoms. The number of rotatable bonds is 4. The quantitative estimate of drug-likeness (QED) is 0.879. The maximum absolute atomic E-state index is 11.2. The predicted molar refractivity (Wildman–Crippen MR) is 75.2 cm³/mol. The Morgan fingerprint density at radius 2 is 2.26 bits per heavy atom. The van der Waals surface area contributed by atoms with Crippen LogP contribution < -0.4 is 4.90 Å². The number of aromatic nitrogens is 2. The van der Waals surface area contributed by atoms with Gasteiger partial charge in [0.1, 0.15) is 16.5 Å². The van der Waals surface area contributed by atoms with E-state index in [0.29, 0.717) is 12.4 Å². The Morgan fingerprint density at radius 3 is 2.84 bits per heavy atom. The summed E-state index contributed by atoms with van der Waals surface area (Å²) in [6.07, 6.45) is 0. The van der Waals surface area contributed by atoms with Crippen molar-refractivity contribution in [2.24, 2.45) is 0 Å². The molecule has 0 radical (unpaired) electrons. The molecule has 0 atom stereocenters. The van der Waals surface area contributed by atoms with Crippen LogP contribution in [0.2, 0.25) is 5.15 Å². The average Bonchev–Trinajstić information content (AvgIpc) is 2.74. The van der Waals surface area contributed by atoms with Gasteiger partial charge in [-0.3, -0.25) is 0 Å². The Morgan fingerprint density at radius 1 is 1.53 bits per heavy atom. The van der Waals surface area contributed by atoms with Gasteiger partial charge in [-0.05, 0) is 19.1 Å². The van der Waals surface area contributed by atoms with Crippen LogP contribution in [0.3, 0.4) is 0 Å². The minimum atomic E-state index is -1.02. The number of pyridine rings is 1. The number of aryl methyl sites for hydroxylation is 1. The topological polar surface area (TPSA) is 66.3 Å². The van der Waals surface area contributed by atoms with Crippen LogP contribution in [0.4, 0.5) is 5.82 Å². The van der Waals surface area contributed by atoms with E-state index in [4.69, 9.17) is 16.7 Å². The van der Waals surface area contributed by atoms with E-state index >= 15 is 0 Å². The van der Waals surface area contributed by atoms with Crippen molar-refractivity contribution < 1.29 is 9.90 Å². The highest BCUT2D eigenvalue weighted by atomic mass is 35.5. The molecule has 2 aromatic heterocycles. The van der Waals surface area contributed by atoms with Crippen LogP contribution in [0, 0.1) is 6.92 Å². The van der Waals surface area contributed by atoms with Crippen molar-refractivity contribution in [3.05, 3.63) is 38.9 Å². The standard InChI is InChI=1S/C12H12ClN3O2S/c1-7-9(19-6-14-7)5-16(2)11-8(12(17)18)3-4-10(13)15-11/h3-4,6H,5H2,1-2H3,(H,17,18). The SMILES string of the molecule is Cc1ncsc1CN(C)c1nc(Cl)ccc1C(=O)O. The minimum absolute atomic E-state index is 0.133. The molecule has 0 aromatic carbocycles. The highest BCUT2D eigenvalue weighted by Gasteiger charge is 2.17. The van der Waals surface area contributed by atoms with E-state index in [2.05, 4.69) is 9.97 Å². The third-order valence-corrected chi connectivity index (χ3v) is 3.79. The van der Waals surface area contributed by atoms with E-state index in [1.165, 1.54) is 23.5 Å². The van der Waals surface area contributed by atoms with Crippen LogP contribution in [0.1, 0.15) is 20.9 Å². The van der Waals surface area contributed by atoms with E-state index in [9.17, 15) is 4.79 Å². The summed E-state index contributed by atoms with van der Waals surface area (Å²) in [6.45, 7) is 2.47. The fourth-order valence-corrected chi connectivity index (χ4v) is 2.62. The lowest BCUT2D eigenvalue weighted by Gasteiger charge is -2.19. The number of nitrogens with zero attached hydrogens (tertiary/aromatic N) is 3. The highest BCUT2D eigenvalue weighted by molar-refractivity contribution is 7.09. The normalized spacial score (nSPS) is 10.5. The molecule has 0 fully saturated rings. The molecule has 19 heavy (non-hydrogen) atoms. The summed E-state index contributed by atoms with van der Waals surface area (Å²) in [5.74, 6) is -0.667. The fourth-order valence-electron chi connectivity index (χ4n) is 1.65. The Kier molecular flexibility index (Phi) is 4.01. The number of carboxylic acids is 1. The Bertz CT molecular complexity index is 615. The second-order valence-corrected chi connectivity index (χ2v) is 5.35. The van der Waals surface area contributed by atoms with Crippen molar-refractivity contribution in [1.82, 2.24) is 9.97 Å². The number of thiazole rings is 1. The summed E-state index contributed by atoms with van der Waals surface area (Å²) in [6, 6.07) is 2.93. The lowest BCUT2D eigenvalue weighted by atomic mass is 10.2. The van der Waals surface area contributed by atoms with Gasteiger partial charge >= 0.3 is 5.97 Å². The van der Waals surface area contributed by atoms with E-state index in [-0.39, 0.29) is 10.7 Å². The summed E-state index contributed by atoms with van der Waals surface area (Å²) in [4.78, 5) is 22.3. The molecule has 0 saturated carbocycles. The van der Waals surface area contributed by atoms with Crippen LogP contribution in [-0.2, 0) is 6.54 Å². The number of aromatic carboxylic acids is 1. The molecular formula is C12H12ClN3O2S. The number of hydrogen-bond acceptors (Lipinski definition) is 5. The van der Waals surface area contributed by atoms with Gasteiger partial charge in [-0.15, -0.1) is 11.3 Å². The molecule has 0 spiro atoms. The number of hydrogen-bond donors (Lipinski definition) is 1. The minimum Gasteiger partial charge on any atom is -0.478 e. The molecule has 2 rings (SSSR count). The van der Waals surface area contributed by atoms with Gasteiger partial charge in [-0.25, -0.2) is 14.8 Å². The molecule has 0 unspecified atom stereocenters. The summed E-state index contributed by atoms with van der Waals surface area (Å²) >= 11 is 7.37. The first-order valence-corrected chi connectivity index (χ1v) is 6.74. The molecule has 2 heterocycles. The second-order valence-electron chi connectivity index (χ2n) is 4.03. The average molecular weight is 298 g/mol. The summed E-state index contributed by atoms with van der Waals surface area (Å²) in [7, 11) is 1.78. The van der Waals surface area contributed by atoms with E-state index in [0.717, 1.165) is 10.6 Å². The molecule has 0 aliphatic carbocycles. The van der Waals surface area contributed by atoms with Gasteiger partial charge in [0.15, 0.2) is 0 Å². The Hall–Kier alpha value is -1.66. The maximum atomic E-state index is 11.2. The van der Waals surface area contributed by atoms with Gasteiger partial charge < -0.3 is 10.0 Å². The van der Waals surface area contributed by atoms with Crippen molar-refractivity contribution in [3.63, 3.8) is 0 Å². The van der Waals surface area contributed by atoms with Crippen LogP contribution >= 0.6 is 22.9 Å². The molecule has 0 aliphatic heterocycles. The third-order valence-electron chi connectivity index (χ3n) is 2.66. The molecule has 2 aromatic rings. The zero-order valence-electron chi connectivity index (χ0n) is 10.4. The fraction of sp³-hybridized carbons (Fsp3) is 0.250. The van der Waals surface area contributed by atoms with Crippen LogP contribution in [0.5, 0.6) is 0 Å². The van der Waals surface area contributed by atoms with Gasteiger partial charge in [-0.2, -0.15) is 0 Å². The van der Waals surface area contributed by atoms with Gasteiger partial charge in [-0.1, -0.05) is 11.6 Å². The zero-order valence-corrected chi connectivity index (χ0v) is 12.0. The van der Waals surface area contributed by atoms with Gasteiger partial charge in [0.2, 0.25) is 0 Å². The first kappa shape index (κ1) is 13.8. The number of halogens is 1. The van der Waals surface area contributed by atoms with E-state index < -0.39 is 5.97 Å². The van der Waals surface area contributed by atoms with E-state index in [1.807, 2.05) is 6.92 Å². The monoisotopic (exact) mass is 297 g/mol. The Balaban J connectivity index is 2.32. The molecule has 0 saturated heterocycles. The molecule has 1 N–H and O–H groups in total. The van der Waals surface area contributed by atoms with Crippen LogP contribution in [-0.4, -0.2) is 28.1 Å². The molecule has 5 nitrogen and oxygen atoms in total. The zero-order chi connectivity index (χ0) is 14.0. The third kappa shape index (κ3) is 3.02. The van der Waals surface area contributed by atoms with Crippen molar-refractivity contribution in [3.8, 4) is 0 Å². The largest absolute Gasteiger partial charge is 0.478 e. The van der Waals surface area contributed by atoms with Gasteiger partial charge in [0, 0.05) is 11.9 Å². The van der Waals surface area contributed by atoms with Crippen molar-refractivity contribution in [2.75, 3.05) is 11.9 Å². The first-order valence-electron chi connectivity index (χ1n) is 5.49.